The van der Waals surface area contributed by atoms with E-state index in [4.69, 9.17) is 9.47 Å². The average molecular weight is 367 g/mol. The second-order valence-corrected chi connectivity index (χ2v) is 6.49. The maximum atomic E-state index is 12.3. The van der Waals surface area contributed by atoms with Crippen LogP contribution in [0, 0.1) is 0 Å². The first-order valence-corrected chi connectivity index (χ1v) is 7.94. The number of ether oxygens (including phenoxy) is 4. The van der Waals surface area contributed by atoms with Crippen molar-refractivity contribution in [1.82, 2.24) is 5.32 Å². The third-order valence-corrected chi connectivity index (χ3v) is 3.21. The van der Waals surface area contributed by atoms with Gasteiger partial charge in [-0.1, -0.05) is 30.3 Å². The van der Waals surface area contributed by atoms with Crippen LogP contribution in [-0.2, 0) is 35.1 Å². The lowest BCUT2D eigenvalue weighted by atomic mass is 10.0. The Kier molecular flexibility index (Phi) is 7.57. The molecule has 0 aliphatic heterocycles. The van der Waals surface area contributed by atoms with Crippen molar-refractivity contribution in [3.63, 3.8) is 0 Å². The van der Waals surface area contributed by atoms with Crippen LogP contribution in [0.1, 0.15) is 26.3 Å². The maximum absolute atomic E-state index is 12.3. The Bertz CT molecular complexity index is 606. The van der Waals surface area contributed by atoms with E-state index in [1.165, 1.54) is 0 Å². The SMILES string of the molecule is COC(=O)C(COCc1ccccc1)(NC(=O)OC(C)(C)C)C(=O)OC. The summed E-state index contributed by atoms with van der Waals surface area (Å²) in [6.45, 7) is 4.58. The van der Waals surface area contributed by atoms with Gasteiger partial charge >= 0.3 is 18.0 Å². The third kappa shape index (κ3) is 6.03. The Morgan fingerprint density at radius 3 is 1.96 bits per heavy atom. The Morgan fingerprint density at radius 2 is 1.50 bits per heavy atom. The van der Waals surface area contributed by atoms with Gasteiger partial charge in [-0.2, -0.15) is 0 Å². The number of alkyl carbamates (subject to hydrolysis) is 1. The van der Waals surface area contributed by atoms with Crippen molar-refractivity contribution < 1.29 is 33.3 Å². The number of hydrogen-bond acceptors (Lipinski definition) is 7. The van der Waals surface area contributed by atoms with Crippen molar-refractivity contribution in [1.29, 1.82) is 0 Å². The van der Waals surface area contributed by atoms with E-state index >= 15 is 0 Å². The van der Waals surface area contributed by atoms with Gasteiger partial charge in [-0.15, -0.1) is 0 Å². The van der Waals surface area contributed by atoms with Gasteiger partial charge in [-0.25, -0.2) is 14.4 Å². The van der Waals surface area contributed by atoms with Gasteiger partial charge in [-0.3, -0.25) is 5.32 Å². The fourth-order valence-corrected chi connectivity index (χ4v) is 2.06. The van der Waals surface area contributed by atoms with Gasteiger partial charge in [0.05, 0.1) is 27.4 Å². The van der Waals surface area contributed by atoms with Crippen LogP contribution in [0.25, 0.3) is 0 Å². The summed E-state index contributed by atoms with van der Waals surface area (Å²) in [4.78, 5) is 36.8. The molecule has 0 aliphatic rings. The van der Waals surface area contributed by atoms with Gasteiger partial charge in [0.15, 0.2) is 0 Å². The van der Waals surface area contributed by atoms with Crippen LogP contribution in [-0.4, -0.2) is 50.0 Å². The van der Waals surface area contributed by atoms with Gasteiger partial charge in [0.1, 0.15) is 5.60 Å². The van der Waals surface area contributed by atoms with E-state index in [1.807, 2.05) is 30.3 Å². The molecule has 0 heterocycles. The molecule has 0 spiro atoms. The largest absolute Gasteiger partial charge is 0.467 e. The zero-order valence-electron chi connectivity index (χ0n) is 15.7. The summed E-state index contributed by atoms with van der Waals surface area (Å²) < 4.78 is 20.0. The van der Waals surface area contributed by atoms with Gasteiger partial charge in [0, 0.05) is 0 Å². The Balaban J connectivity index is 2.99. The Hall–Kier alpha value is -2.61. The van der Waals surface area contributed by atoms with Crippen LogP contribution in [0.15, 0.2) is 30.3 Å². The van der Waals surface area contributed by atoms with Crippen molar-refractivity contribution in [3.05, 3.63) is 35.9 Å². The molecule has 1 amide bonds. The number of amides is 1. The van der Waals surface area contributed by atoms with Crippen molar-refractivity contribution in [2.75, 3.05) is 20.8 Å². The van der Waals surface area contributed by atoms with E-state index in [2.05, 4.69) is 14.8 Å². The minimum atomic E-state index is -2.18. The topological polar surface area (TPSA) is 100 Å². The number of methoxy groups -OCH3 is 2. The molecule has 1 aromatic carbocycles. The smallest absolute Gasteiger partial charge is 0.409 e. The molecule has 0 bridgehead atoms. The molecule has 0 saturated carbocycles. The molecule has 0 aromatic heterocycles. The van der Waals surface area contributed by atoms with E-state index in [-0.39, 0.29) is 6.61 Å². The summed E-state index contributed by atoms with van der Waals surface area (Å²) in [6.07, 6.45) is -0.975. The zero-order valence-corrected chi connectivity index (χ0v) is 15.7. The normalized spacial score (nSPS) is 11.4. The van der Waals surface area contributed by atoms with E-state index in [0.717, 1.165) is 19.8 Å². The second-order valence-electron chi connectivity index (χ2n) is 6.49. The number of hydrogen-bond donors (Lipinski definition) is 1. The molecular weight excluding hydrogens is 342 g/mol. The molecule has 0 aliphatic carbocycles. The summed E-state index contributed by atoms with van der Waals surface area (Å²) in [5.41, 5.74) is -2.18. The Labute approximate surface area is 152 Å². The van der Waals surface area contributed by atoms with Crippen molar-refractivity contribution in [2.24, 2.45) is 0 Å². The number of carbonyl (C=O) groups is 3. The first-order valence-electron chi connectivity index (χ1n) is 7.94. The minimum absolute atomic E-state index is 0.118. The minimum Gasteiger partial charge on any atom is -0.467 e. The zero-order chi connectivity index (χ0) is 19.8. The standard InChI is InChI=1S/C18H25NO7/c1-17(2,3)26-16(22)19-18(14(20)23-4,15(21)24-5)12-25-11-13-9-7-6-8-10-13/h6-10H,11-12H2,1-5H3,(H,19,22). The second kappa shape index (κ2) is 9.19. The lowest BCUT2D eigenvalue weighted by Gasteiger charge is -2.30. The fraction of sp³-hybridized carbons (Fsp3) is 0.500. The molecular formula is C18H25NO7. The van der Waals surface area contributed by atoms with Crippen LogP contribution in [0.2, 0.25) is 0 Å². The van der Waals surface area contributed by atoms with Crippen molar-refractivity contribution >= 4 is 18.0 Å². The van der Waals surface area contributed by atoms with Crippen LogP contribution < -0.4 is 5.32 Å². The fourth-order valence-electron chi connectivity index (χ4n) is 2.06. The molecule has 0 saturated heterocycles. The monoisotopic (exact) mass is 367 g/mol. The van der Waals surface area contributed by atoms with Gasteiger partial charge in [0.2, 0.25) is 0 Å². The predicted octanol–water partition coefficient (Wildman–Crippen LogP) is 1.81. The van der Waals surface area contributed by atoms with Crippen LogP contribution in [0.5, 0.6) is 0 Å². The molecule has 8 heteroatoms. The highest BCUT2D eigenvalue weighted by molar-refractivity contribution is 6.07. The van der Waals surface area contributed by atoms with Crippen molar-refractivity contribution in [2.45, 2.75) is 38.5 Å². The van der Waals surface area contributed by atoms with E-state index in [1.54, 1.807) is 20.8 Å². The van der Waals surface area contributed by atoms with Gasteiger partial charge < -0.3 is 18.9 Å². The summed E-state index contributed by atoms with van der Waals surface area (Å²) in [6, 6.07) is 9.14. The van der Waals surface area contributed by atoms with Crippen molar-refractivity contribution in [3.8, 4) is 0 Å². The highest BCUT2D eigenvalue weighted by atomic mass is 16.6. The first-order chi connectivity index (χ1) is 12.1. The number of esters is 2. The highest BCUT2D eigenvalue weighted by Gasteiger charge is 2.51. The number of benzene rings is 1. The molecule has 1 aromatic rings. The molecule has 26 heavy (non-hydrogen) atoms. The molecule has 0 fully saturated rings. The predicted molar refractivity (Wildman–Crippen MR) is 92.2 cm³/mol. The summed E-state index contributed by atoms with van der Waals surface area (Å²) in [5.74, 6) is -2.05. The summed E-state index contributed by atoms with van der Waals surface area (Å²) in [5, 5.41) is 2.24. The third-order valence-electron chi connectivity index (χ3n) is 3.21. The lowest BCUT2D eigenvalue weighted by molar-refractivity contribution is -0.167. The highest BCUT2D eigenvalue weighted by Crippen LogP contribution is 2.15. The first kappa shape index (κ1) is 21.4. The molecule has 0 atom stereocenters. The maximum Gasteiger partial charge on any atom is 0.409 e. The van der Waals surface area contributed by atoms with E-state index < -0.39 is 35.8 Å². The Morgan fingerprint density at radius 1 is 0.962 bits per heavy atom. The summed E-state index contributed by atoms with van der Waals surface area (Å²) >= 11 is 0. The van der Waals surface area contributed by atoms with E-state index in [0.29, 0.717) is 0 Å². The molecule has 8 nitrogen and oxygen atoms in total. The van der Waals surface area contributed by atoms with Gasteiger partial charge in [-0.05, 0) is 26.3 Å². The van der Waals surface area contributed by atoms with Crippen LogP contribution >= 0.6 is 0 Å². The van der Waals surface area contributed by atoms with E-state index in [9.17, 15) is 14.4 Å². The molecule has 0 radical (unpaired) electrons. The average Bonchev–Trinajstić information content (AvgIpc) is 2.58. The number of nitrogens with one attached hydrogen (secondary N) is 1. The van der Waals surface area contributed by atoms with Crippen LogP contribution in [0.3, 0.4) is 0 Å². The van der Waals surface area contributed by atoms with Gasteiger partial charge in [0.25, 0.3) is 5.54 Å². The lowest BCUT2D eigenvalue weighted by Crippen LogP contribution is -2.64. The molecule has 1 rings (SSSR count). The molecule has 144 valence electrons. The number of carbonyl (C=O) groups excluding carboxylic acids is 3. The quantitative estimate of drug-likeness (QED) is 0.446. The number of rotatable bonds is 7. The van der Waals surface area contributed by atoms with Crippen LogP contribution in [0.4, 0.5) is 4.79 Å². The molecule has 0 unspecified atom stereocenters. The summed E-state index contributed by atoms with van der Waals surface area (Å²) in [7, 11) is 2.18. The molecule has 1 N–H and O–H groups in total.